The van der Waals surface area contributed by atoms with Gasteiger partial charge in [-0.05, 0) is 30.3 Å². The first-order valence-corrected chi connectivity index (χ1v) is 10.9. The number of morpholine rings is 1. The Hall–Kier alpha value is -2.47. The summed E-state index contributed by atoms with van der Waals surface area (Å²) in [6.45, 7) is 2.35. The van der Waals surface area contributed by atoms with E-state index in [1.54, 1.807) is 24.3 Å². The van der Waals surface area contributed by atoms with Gasteiger partial charge in [0.15, 0.2) is 0 Å². The van der Waals surface area contributed by atoms with Crippen LogP contribution >= 0.6 is 11.8 Å². The molecule has 0 unspecified atom stereocenters. The molecule has 0 aromatic heterocycles. The van der Waals surface area contributed by atoms with E-state index < -0.39 is 14.9 Å². The highest BCUT2D eigenvalue weighted by Crippen LogP contribution is 2.36. The van der Waals surface area contributed by atoms with Crippen LogP contribution in [0.3, 0.4) is 0 Å². The van der Waals surface area contributed by atoms with E-state index in [-0.39, 0.29) is 42.8 Å². The first-order chi connectivity index (χ1) is 13.8. The third kappa shape index (κ3) is 5.12. The summed E-state index contributed by atoms with van der Waals surface area (Å²) in [4.78, 5) is 22.7. The maximum Gasteiger partial charge on any atom is 0.270 e. The quantitative estimate of drug-likeness (QED) is 0.545. The molecule has 0 radical (unpaired) electrons. The molecule has 9 nitrogen and oxygen atoms in total. The molecule has 1 aliphatic rings. The normalized spacial score (nSPS) is 15.1. The van der Waals surface area contributed by atoms with Crippen LogP contribution in [-0.4, -0.2) is 49.9 Å². The Balaban J connectivity index is 1.95. The van der Waals surface area contributed by atoms with Crippen LogP contribution in [0.5, 0.6) is 0 Å². The molecule has 1 fully saturated rings. The summed E-state index contributed by atoms with van der Waals surface area (Å²) in [6, 6.07) is 10.7. The number of non-ortho nitro benzene ring substituents is 1. The van der Waals surface area contributed by atoms with Crippen LogP contribution in [0.25, 0.3) is 0 Å². The second-order valence-electron chi connectivity index (χ2n) is 6.21. The smallest absolute Gasteiger partial charge is 0.270 e. The SMILES string of the molecule is CC(=O)Nc1ccc(Sc2ccc([N+](=O)[O-])cc2S(=O)(=O)N2CCOCC2)cc1. The van der Waals surface area contributed by atoms with E-state index in [0.29, 0.717) is 10.6 Å². The van der Waals surface area contributed by atoms with E-state index >= 15 is 0 Å². The van der Waals surface area contributed by atoms with Crippen LogP contribution < -0.4 is 5.32 Å². The molecule has 11 heteroatoms. The molecule has 1 aliphatic heterocycles. The molecule has 1 amide bonds. The maximum absolute atomic E-state index is 13.1. The fourth-order valence-electron chi connectivity index (χ4n) is 2.76. The number of ether oxygens (including phenoxy) is 1. The van der Waals surface area contributed by atoms with E-state index in [1.165, 1.54) is 35.1 Å². The fraction of sp³-hybridized carbons (Fsp3) is 0.278. The summed E-state index contributed by atoms with van der Waals surface area (Å²) in [5.41, 5.74) is 0.328. The molecule has 154 valence electrons. The maximum atomic E-state index is 13.1. The second-order valence-corrected chi connectivity index (χ2v) is 9.23. The standard InChI is InChI=1S/C18H19N3O6S2/c1-13(22)19-14-2-5-16(6-3-14)28-17-7-4-15(21(23)24)12-18(17)29(25,26)20-8-10-27-11-9-20/h2-7,12H,8-11H2,1H3,(H,19,22). The van der Waals surface area contributed by atoms with Crippen molar-refractivity contribution in [3.8, 4) is 0 Å². The predicted molar refractivity (Wildman–Crippen MR) is 108 cm³/mol. The number of hydrogen-bond donors (Lipinski definition) is 1. The Labute approximate surface area is 172 Å². The van der Waals surface area contributed by atoms with Crippen LogP contribution in [0.4, 0.5) is 11.4 Å². The number of hydrogen-bond acceptors (Lipinski definition) is 7. The second kappa shape index (κ2) is 8.91. The van der Waals surface area contributed by atoms with Crippen molar-refractivity contribution < 1.29 is 22.9 Å². The van der Waals surface area contributed by atoms with Crippen LogP contribution in [0, 0.1) is 10.1 Å². The van der Waals surface area contributed by atoms with Gasteiger partial charge in [0, 0.05) is 47.6 Å². The Bertz CT molecular complexity index is 1020. The number of carbonyl (C=O) groups is 1. The van der Waals surface area contributed by atoms with Gasteiger partial charge < -0.3 is 10.1 Å². The first-order valence-electron chi connectivity index (χ1n) is 8.69. The lowest BCUT2D eigenvalue weighted by molar-refractivity contribution is -0.385. The minimum Gasteiger partial charge on any atom is -0.379 e. The van der Waals surface area contributed by atoms with Gasteiger partial charge in [-0.2, -0.15) is 4.31 Å². The number of sulfonamides is 1. The van der Waals surface area contributed by atoms with E-state index in [9.17, 15) is 23.3 Å². The van der Waals surface area contributed by atoms with E-state index in [4.69, 9.17) is 4.74 Å². The summed E-state index contributed by atoms with van der Waals surface area (Å²) in [7, 11) is -3.92. The van der Waals surface area contributed by atoms with Crippen LogP contribution in [0.2, 0.25) is 0 Å². The minimum absolute atomic E-state index is 0.107. The lowest BCUT2D eigenvalue weighted by Crippen LogP contribution is -2.40. The van der Waals surface area contributed by atoms with Gasteiger partial charge in [-0.3, -0.25) is 14.9 Å². The molecule has 2 aromatic rings. The molecule has 0 saturated carbocycles. The number of nitro groups is 1. The average Bonchev–Trinajstić information content (AvgIpc) is 2.70. The van der Waals surface area contributed by atoms with Gasteiger partial charge in [0.25, 0.3) is 5.69 Å². The van der Waals surface area contributed by atoms with Gasteiger partial charge in [-0.1, -0.05) is 11.8 Å². The zero-order chi connectivity index (χ0) is 21.0. The Kier molecular flexibility index (Phi) is 6.52. The van der Waals surface area contributed by atoms with Gasteiger partial charge in [-0.25, -0.2) is 8.42 Å². The number of nitrogens with one attached hydrogen (secondary N) is 1. The summed E-state index contributed by atoms with van der Waals surface area (Å²) in [5.74, 6) is -0.195. The molecular formula is C18H19N3O6S2. The average molecular weight is 437 g/mol. The van der Waals surface area contributed by atoms with E-state index in [2.05, 4.69) is 5.32 Å². The topological polar surface area (TPSA) is 119 Å². The highest BCUT2D eigenvalue weighted by Gasteiger charge is 2.30. The number of anilines is 1. The number of amides is 1. The molecule has 0 spiro atoms. The van der Waals surface area contributed by atoms with E-state index in [0.717, 1.165) is 11.0 Å². The highest BCUT2D eigenvalue weighted by atomic mass is 32.2. The summed E-state index contributed by atoms with van der Waals surface area (Å²) < 4.78 is 32.8. The van der Waals surface area contributed by atoms with Crippen molar-refractivity contribution in [2.45, 2.75) is 21.6 Å². The monoisotopic (exact) mass is 437 g/mol. The molecule has 0 bridgehead atoms. The van der Waals surface area contributed by atoms with Crippen molar-refractivity contribution >= 4 is 39.1 Å². The Morgan fingerprint density at radius 2 is 1.83 bits per heavy atom. The number of carbonyl (C=O) groups excluding carboxylic acids is 1. The molecular weight excluding hydrogens is 418 g/mol. The lowest BCUT2D eigenvalue weighted by atomic mass is 10.3. The van der Waals surface area contributed by atoms with Crippen molar-refractivity contribution in [2.24, 2.45) is 0 Å². The molecule has 0 atom stereocenters. The van der Waals surface area contributed by atoms with Gasteiger partial charge in [0.05, 0.1) is 18.1 Å². The lowest BCUT2D eigenvalue weighted by Gasteiger charge is -2.26. The number of nitro benzene ring substituents is 1. The minimum atomic E-state index is -3.92. The summed E-state index contributed by atoms with van der Waals surface area (Å²) in [5, 5.41) is 13.8. The summed E-state index contributed by atoms with van der Waals surface area (Å²) >= 11 is 1.18. The van der Waals surface area contributed by atoms with Crippen molar-refractivity contribution in [3.63, 3.8) is 0 Å². The Morgan fingerprint density at radius 3 is 2.41 bits per heavy atom. The van der Waals surface area contributed by atoms with Gasteiger partial charge in [0.2, 0.25) is 15.9 Å². The zero-order valence-electron chi connectivity index (χ0n) is 15.5. The highest BCUT2D eigenvalue weighted by molar-refractivity contribution is 8.00. The molecule has 1 saturated heterocycles. The predicted octanol–water partition coefficient (Wildman–Crippen LogP) is 2.73. The molecule has 0 aliphatic carbocycles. The number of nitrogens with zero attached hydrogens (tertiary/aromatic N) is 2. The molecule has 3 rings (SSSR count). The van der Waals surface area contributed by atoms with Crippen molar-refractivity contribution in [1.29, 1.82) is 0 Å². The third-order valence-corrected chi connectivity index (χ3v) is 7.28. The molecule has 29 heavy (non-hydrogen) atoms. The number of rotatable bonds is 6. The van der Waals surface area contributed by atoms with Crippen molar-refractivity contribution in [1.82, 2.24) is 4.31 Å². The van der Waals surface area contributed by atoms with Gasteiger partial charge in [0.1, 0.15) is 4.90 Å². The third-order valence-electron chi connectivity index (χ3n) is 4.13. The van der Waals surface area contributed by atoms with E-state index in [1.807, 2.05) is 0 Å². The zero-order valence-corrected chi connectivity index (χ0v) is 17.2. The summed E-state index contributed by atoms with van der Waals surface area (Å²) in [6.07, 6.45) is 0. The fourth-order valence-corrected chi connectivity index (χ4v) is 5.52. The first kappa shape index (κ1) is 21.2. The molecule has 2 aromatic carbocycles. The van der Waals surface area contributed by atoms with Crippen molar-refractivity contribution in [3.05, 3.63) is 52.6 Å². The van der Waals surface area contributed by atoms with Gasteiger partial charge in [-0.15, -0.1) is 0 Å². The van der Waals surface area contributed by atoms with Gasteiger partial charge >= 0.3 is 0 Å². The van der Waals surface area contributed by atoms with Crippen LogP contribution in [0.15, 0.2) is 57.2 Å². The largest absolute Gasteiger partial charge is 0.379 e. The van der Waals surface area contributed by atoms with Crippen molar-refractivity contribution in [2.75, 3.05) is 31.6 Å². The van der Waals surface area contributed by atoms with Crippen LogP contribution in [-0.2, 0) is 19.6 Å². The molecule has 1 N–H and O–H groups in total. The molecule has 1 heterocycles. The Morgan fingerprint density at radius 1 is 1.17 bits per heavy atom. The number of benzene rings is 2. The van der Waals surface area contributed by atoms with Crippen LogP contribution in [0.1, 0.15) is 6.92 Å².